The first-order valence-corrected chi connectivity index (χ1v) is 6.72. The molecule has 0 aliphatic carbocycles. The average Bonchev–Trinajstić information content (AvgIpc) is 2.31. The van der Waals surface area contributed by atoms with Crippen LogP contribution in [0.4, 0.5) is 5.69 Å². The lowest BCUT2D eigenvalue weighted by molar-refractivity contribution is 0.435. The average molecular weight is 238 g/mol. The highest BCUT2D eigenvalue weighted by atomic mass is 35.5. The number of benzene rings is 1. The molecule has 2 rings (SSSR count). The zero-order chi connectivity index (χ0) is 11.4. The molecule has 1 aliphatic rings. The topological polar surface area (TPSA) is 3.24 Å². The second-order valence-electron chi connectivity index (χ2n) is 4.58. The van der Waals surface area contributed by atoms with Gasteiger partial charge in [0.15, 0.2) is 0 Å². The van der Waals surface area contributed by atoms with Crippen LogP contribution in [0.2, 0.25) is 5.02 Å². The van der Waals surface area contributed by atoms with Gasteiger partial charge in [0.2, 0.25) is 0 Å². The Bertz CT molecular complexity index is 335. The Morgan fingerprint density at radius 1 is 1.31 bits per heavy atom. The minimum Gasteiger partial charge on any atom is -0.367 e. The maximum absolute atomic E-state index is 6.28. The number of hydrogen-bond donors (Lipinski definition) is 0. The Labute approximate surface area is 103 Å². The SMILES string of the molecule is CCC[C@H]1CCCCN1c1ccccc1Cl. The molecule has 0 aromatic heterocycles. The first-order valence-electron chi connectivity index (χ1n) is 6.34. The third-order valence-corrected chi connectivity index (χ3v) is 3.73. The van der Waals surface area contributed by atoms with Crippen molar-refractivity contribution in [1.82, 2.24) is 0 Å². The van der Waals surface area contributed by atoms with Crippen molar-refractivity contribution in [3.63, 3.8) is 0 Å². The molecule has 1 nitrogen and oxygen atoms in total. The van der Waals surface area contributed by atoms with Gasteiger partial charge < -0.3 is 4.90 Å². The van der Waals surface area contributed by atoms with Gasteiger partial charge in [0.05, 0.1) is 10.7 Å². The molecule has 0 N–H and O–H groups in total. The van der Waals surface area contributed by atoms with Crippen molar-refractivity contribution in [1.29, 1.82) is 0 Å². The molecular formula is C14H20ClN. The van der Waals surface area contributed by atoms with E-state index in [0.29, 0.717) is 6.04 Å². The lowest BCUT2D eigenvalue weighted by Gasteiger charge is -2.38. The van der Waals surface area contributed by atoms with E-state index in [-0.39, 0.29) is 0 Å². The van der Waals surface area contributed by atoms with Gasteiger partial charge in [-0.05, 0) is 37.8 Å². The van der Waals surface area contributed by atoms with Crippen LogP contribution in [-0.2, 0) is 0 Å². The Morgan fingerprint density at radius 3 is 2.88 bits per heavy atom. The van der Waals surface area contributed by atoms with E-state index in [4.69, 9.17) is 11.6 Å². The summed E-state index contributed by atoms with van der Waals surface area (Å²) in [6.45, 7) is 3.42. The molecule has 88 valence electrons. The van der Waals surface area contributed by atoms with Crippen LogP contribution in [0.25, 0.3) is 0 Å². The van der Waals surface area contributed by atoms with Gasteiger partial charge in [0.25, 0.3) is 0 Å². The summed E-state index contributed by atoms with van der Waals surface area (Å²) in [5.41, 5.74) is 1.22. The molecule has 16 heavy (non-hydrogen) atoms. The van der Waals surface area contributed by atoms with E-state index in [9.17, 15) is 0 Å². The standard InChI is InChI=1S/C14H20ClN/c1-2-7-12-8-5-6-11-16(12)14-10-4-3-9-13(14)15/h3-4,9-10,12H,2,5-8,11H2,1H3/t12-/m0/s1. The van der Waals surface area contributed by atoms with Gasteiger partial charge in [-0.3, -0.25) is 0 Å². The molecule has 1 aromatic rings. The predicted octanol–water partition coefficient (Wildman–Crippen LogP) is 4.50. The van der Waals surface area contributed by atoms with E-state index in [1.54, 1.807) is 0 Å². The predicted molar refractivity (Wildman–Crippen MR) is 71.3 cm³/mol. The fourth-order valence-corrected chi connectivity index (χ4v) is 2.88. The van der Waals surface area contributed by atoms with Crippen LogP contribution in [0.3, 0.4) is 0 Å². The number of rotatable bonds is 3. The number of nitrogens with zero attached hydrogens (tertiary/aromatic N) is 1. The molecular weight excluding hydrogens is 218 g/mol. The van der Waals surface area contributed by atoms with Gasteiger partial charge in [-0.25, -0.2) is 0 Å². The first-order chi connectivity index (χ1) is 7.83. The minimum atomic E-state index is 0.693. The molecule has 1 aromatic carbocycles. The molecule has 1 fully saturated rings. The molecule has 0 bridgehead atoms. The summed E-state index contributed by atoms with van der Waals surface area (Å²) in [4.78, 5) is 2.51. The third-order valence-electron chi connectivity index (χ3n) is 3.41. The van der Waals surface area contributed by atoms with Crippen LogP contribution >= 0.6 is 11.6 Å². The van der Waals surface area contributed by atoms with Gasteiger partial charge in [-0.2, -0.15) is 0 Å². The molecule has 0 radical (unpaired) electrons. The van der Waals surface area contributed by atoms with Gasteiger partial charge in [-0.15, -0.1) is 0 Å². The highest BCUT2D eigenvalue weighted by molar-refractivity contribution is 6.33. The van der Waals surface area contributed by atoms with Crippen molar-refractivity contribution in [3.8, 4) is 0 Å². The Morgan fingerprint density at radius 2 is 2.12 bits per heavy atom. The highest BCUT2D eigenvalue weighted by Crippen LogP contribution is 2.32. The van der Waals surface area contributed by atoms with E-state index in [1.807, 2.05) is 12.1 Å². The molecule has 2 heteroatoms. The second-order valence-corrected chi connectivity index (χ2v) is 4.99. The quantitative estimate of drug-likeness (QED) is 0.748. The van der Waals surface area contributed by atoms with E-state index >= 15 is 0 Å². The number of hydrogen-bond acceptors (Lipinski definition) is 1. The Balaban J connectivity index is 2.19. The van der Waals surface area contributed by atoms with Gasteiger partial charge in [0.1, 0.15) is 0 Å². The van der Waals surface area contributed by atoms with Gasteiger partial charge >= 0.3 is 0 Å². The van der Waals surface area contributed by atoms with Crippen molar-refractivity contribution >= 4 is 17.3 Å². The van der Waals surface area contributed by atoms with Crippen molar-refractivity contribution in [2.45, 2.75) is 45.1 Å². The summed E-state index contributed by atoms with van der Waals surface area (Å²) in [5.74, 6) is 0. The molecule has 1 saturated heterocycles. The fraction of sp³-hybridized carbons (Fsp3) is 0.571. The molecule has 0 spiro atoms. The first kappa shape index (κ1) is 11.8. The monoisotopic (exact) mass is 237 g/mol. The summed E-state index contributed by atoms with van der Waals surface area (Å²) in [7, 11) is 0. The largest absolute Gasteiger partial charge is 0.367 e. The Hall–Kier alpha value is -0.690. The molecule has 1 atom stereocenters. The lowest BCUT2D eigenvalue weighted by Crippen LogP contribution is -2.39. The van der Waals surface area contributed by atoms with Crippen molar-refractivity contribution < 1.29 is 0 Å². The fourth-order valence-electron chi connectivity index (χ4n) is 2.64. The number of para-hydroxylation sites is 1. The summed E-state index contributed by atoms with van der Waals surface area (Å²) in [6.07, 6.45) is 6.52. The molecule has 0 unspecified atom stereocenters. The van der Waals surface area contributed by atoms with Gasteiger partial charge in [0, 0.05) is 12.6 Å². The van der Waals surface area contributed by atoms with E-state index in [1.165, 1.54) is 37.8 Å². The highest BCUT2D eigenvalue weighted by Gasteiger charge is 2.22. The van der Waals surface area contributed by atoms with Crippen LogP contribution in [0.5, 0.6) is 0 Å². The molecule has 1 aliphatic heterocycles. The summed E-state index contributed by atoms with van der Waals surface area (Å²) < 4.78 is 0. The van der Waals surface area contributed by atoms with Crippen molar-refractivity contribution in [2.75, 3.05) is 11.4 Å². The summed E-state index contributed by atoms with van der Waals surface area (Å²) >= 11 is 6.28. The summed E-state index contributed by atoms with van der Waals surface area (Å²) in [5, 5.41) is 0.894. The van der Waals surface area contributed by atoms with Crippen LogP contribution in [0, 0.1) is 0 Å². The summed E-state index contributed by atoms with van der Waals surface area (Å²) in [6, 6.07) is 8.92. The van der Waals surface area contributed by atoms with Crippen molar-refractivity contribution in [2.24, 2.45) is 0 Å². The molecule has 1 heterocycles. The normalized spacial score (nSPS) is 21.1. The van der Waals surface area contributed by atoms with E-state index < -0.39 is 0 Å². The van der Waals surface area contributed by atoms with Gasteiger partial charge in [-0.1, -0.05) is 37.1 Å². The minimum absolute atomic E-state index is 0.693. The lowest BCUT2D eigenvalue weighted by atomic mass is 9.97. The number of anilines is 1. The number of halogens is 1. The second kappa shape index (κ2) is 5.58. The Kier molecular flexibility index (Phi) is 4.11. The molecule has 0 amide bonds. The van der Waals surface area contributed by atoms with E-state index in [2.05, 4.69) is 24.0 Å². The zero-order valence-electron chi connectivity index (χ0n) is 9.95. The smallest absolute Gasteiger partial charge is 0.0639 e. The van der Waals surface area contributed by atoms with Crippen molar-refractivity contribution in [3.05, 3.63) is 29.3 Å². The maximum Gasteiger partial charge on any atom is 0.0639 e. The zero-order valence-corrected chi connectivity index (χ0v) is 10.7. The number of piperidine rings is 1. The van der Waals surface area contributed by atoms with E-state index in [0.717, 1.165) is 11.6 Å². The van der Waals surface area contributed by atoms with Crippen LogP contribution in [0.1, 0.15) is 39.0 Å². The van der Waals surface area contributed by atoms with Crippen LogP contribution in [0.15, 0.2) is 24.3 Å². The maximum atomic E-state index is 6.28. The molecule has 0 saturated carbocycles. The van der Waals surface area contributed by atoms with Crippen LogP contribution in [-0.4, -0.2) is 12.6 Å². The van der Waals surface area contributed by atoms with Crippen LogP contribution < -0.4 is 4.90 Å². The third kappa shape index (κ3) is 2.52.